The SMILES string of the molecule is COc1ccc(C)cc1-n1c(SCc2c(C)noc2C)nc2cc(Cl)ccc2c1=O. The molecule has 2 heterocycles. The van der Waals surface area contributed by atoms with Crippen LogP contribution in [0.3, 0.4) is 0 Å². The summed E-state index contributed by atoms with van der Waals surface area (Å²) in [5.74, 6) is 1.91. The lowest BCUT2D eigenvalue weighted by atomic mass is 10.2. The largest absolute Gasteiger partial charge is 0.495 e. The molecule has 0 N–H and O–H groups in total. The number of benzene rings is 2. The van der Waals surface area contributed by atoms with Gasteiger partial charge in [-0.25, -0.2) is 4.98 Å². The van der Waals surface area contributed by atoms with Gasteiger partial charge in [-0.2, -0.15) is 0 Å². The predicted molar refractivity (Wildman–Crippen MR) is 119 cm³/mol. The molecule has 0 saturated heterocycles. The average molecular weight is 442 g/mol. The highest BCUT2D eigenvalue weighted by molar-refractivity contribution is 7.98. The Balaban J connectivity index is 1.94. The number of methoxy groups -OCH3 is 1. The van der Waals surface area contributed by atoms with Crippen LogP contribution in [-0.2, 0) is 5.75 Å². The molecular formula is C22H20ClN3O3S. The molecule has 0 aliphatic rings. The number of thioether (sulfide) groups is 1. The maximum atomic E-state index is 13.5. The van der Waals surface area contributed by atoms with Gasteiger partial charge in [0.25, 0.3) is 5.56 Å². The molecule has 0 atom stereocenters. The third kappa shape index (κ3) is 3.70. The summed E-state index contributed by atoms with van der Waals surface area (Å²) in [6.07, 6.45) is 0. The lowest BCUT2D eigenvalue weighted by Gasteiger charge is -2.16. The Morgan fingerprint density at radius 1 is 1.17 bits per heavy atom. The summed E-state index contributed by atoms with van der Waals surface area (Å²) >= 11 is 7.59. The summed E-state index contributed by atoms with van der Waals surface area (Å²) in [5.41, 5.74) is 3.84. The van der Waals surface area contributed by atoms with Gasteiger partial charge in [0.2, 0.25) is 0 Å². The van der Waals surface area contributed by atoms with E-state index in [9.17, 15) is 4.79 Å². The Morgan fingerprint density at radius 3 is 2.67 bits per heavy atom. The molecule has 2 aromatic heterocycles. The molecule has 0 spiro atoms. The van der Waals surface area contributed by atoms with Gasteiger partial charge >= 0.3 is 0 Å². The molecule has 0 aliphatic heterocycles. The van der Waals surface area contributed by atoms with Crippen molar-refractivity contribution in [2.24, 2.45) is 0 Å². The van der Waals surface area contributed by atoms with Gasteiger partial charge in [0.05, 0.1) is 29.4 Å². The maximum absolute atomic E-state index is 13.5. The molecule has 0 radical (unpaired) electrons. The number of nitrogens with zero attached hydrogens (tertiary/aromatic N) is 3. The average Bonchev–Trinajstić information content (AvgIpc) is 3.03. The van der Waals surface area contributed by atoms with Crippen LogP contribution < -0.4 is 10.3 Å². The van der Waals surface area contributed by atoms with Crippen molar-refractivity contribution in [3.8, 4) is 11.4 Å². The van der Waals surface area contributed by atoms with Crippen molar-refractivity contribution < 1.29 is 9.26 Å². The number of hydrogen-bond donors (Lipinski definition) is 0. The molecule has 0 amide bonds. The first-order valence-electron chi connectivity index (χ1n) is 9.31. The van der Waals surface area contributed by atoms with E-state index in [4.69, 9.17) is 25.8 Å². The van der Waals surface area contributed by atoms with E-state index < -0.39 is 0 Å². The molecule has 4 aromatic rings. The Hall–Kier alpha value is -2.77. The number of aromatic nitrogens is 3. The molecule has 0 fully saturated rings. The van der Waals surface area contributed by atoms with E-state index in [-0.39, 0.29) is 5.56 Å². The molecule has 30 heavy (non-hydrogen) atoms. The molecule has 4 rings (SSSR count). The molecule has 0 unspecified atom stereocenters. The standard InChI is InChI=1S/C22H20ClN3O3S/c1-12-5-8-20(28-4)19(9-12)26-21(27)16-7-6-15(23)10-18(16)24-22(26)30-11-17-13(2)25-29-14(17)3/h5-10H,11H2,1-4H3. The van der Waals surface area contributed by atoms with Gasteiger partial charge in [0.15, 0.2) is 5.16 Å². The minimum Gasteiger partial charge on any atom is -0.495 e. The molecule has 0 bridgehead atoms. The second-order valence-corrected chi connectivity index (χ2v) is 8.34. The second kappa shape index (κ2) is 8.16. The lowest BCUT2D eigenvalue weighted by Crippen LogP contribution is -2.22. The highest BCUT2D eigenvalue weighted by atomic mass is 35.5. The zero-order valence-corrected chi connectivity index (χ0v) is 18.6. The molecule has 154 valence electrons. The Labute approximate surface area is 182 Å². The third-order valence-electron chi connectivity index (χ3n) is 4.90. The van der Waals surface area contributed by atoms with Crippen LogP contribution in [0.4, 0.5) is 0 Å². The fraction of sp³-hybridized carbons (Fsp3) is 0.227. The molecule has 8 heteroatoms. The summed E-state index contributed by atoms with van der Waals surface area (Å²) in [4.78, 5) is 18.3. The van der Waals surface area contributed by atoms with E-state index in [0.29, 0.717) is 38.3 Å². The van der Waals surface area contributed by atoms with Gasteiger partial charge < -0.3 is 9.26 Å². The lowest BCUT2D eigenvalue weighted by molar-refractivity contribution is 0.392. The summed E-state index contributed by atoms with van der Waals surface area (Å²) in [6, 6.07) is 10.8. The molecule has 0 aliphatic carbocycles. The summed E-state index contributed by atoms with van der Waals surface area (Å²) < 4.78 is 12.4. The van der Waals surface area contributed by atoms with E-state index in [1.165, 1.54) is 11.8 Å². The normalized spacial score (nSPS) is 11.2. The van der Waals surface area contributed by atoms with Crippen molar-refractivity contribution in [1.29, 1.82) is 0 Å². The monoisotopic (exact) mass is 441 g/mol. The van der Waals surface area contributed by atoms with Crippen LogP contribution >= 0.6 is 23.4 Å². The molecular weight excluding hydrogens is 422 g/mol. The number of ether oxygens (including phenoxy) is 1. The van der Waals surface area contributed by atoms with Crippen LogP contribution in [0.25, 0.3) is 16.6 Å². The number of fused-ring (bicyclic) bond motifs is 1. The van der Waals surface area contributed by atoms with Crippen molar-refractivity contribution in [3.63, 3.8) is 0 Å². The summed E-state index contributed by atoms with van der Waals surface area (Å²) in [6.45, 7) is 5.75. The quantitative estimate of drug-likeness (QED) is 0.311. The zero-order valence-electron chi connectivity index (χ0n) is 17.0. The van der Waals surface area contributed by atoms with Crippen molar-refractivity contribution in [1.82, 2.24) is 14.7 Å². The van der Waals surface area contributed by atoms with E-state index in [0.717, 1.165) is 22.6 Å². The maximum Gasteiger partial charge on any atom is 0.266 e. The van der Waals surface area contributed by atoms with Crippen LogP contribution in [0.15, 0.2) is 50.9 Å². The van der Waals surface area contributed by atoms with Gasteiger partial charge in [-0.15, -0.1) is 0 Å². The first-order valence-corrected chi connectivity index (χ1v) is 10.7. The zero-order chi connectivity index (χ0) is 21.4. The smallest absolute Gasteiger partial charge is 0.266 e. The van der Waals surface area contributed by atoms with E-state index in [1.807, 2.05) is 39.0 Å². The summed E-state index contributed by atoms with van der Waals surface area (Å²) in [5, 5.41) is 5.57. The van der Waals surface area contributed by atoms with E-state index in [1.54, 1.807) is 29.9 Å². The van der Waals surface area contributed by atoms with E-state index >= 15 is 0 Å². The van der Waals surface area contributed by atoms with Gasteiger partial charge in [0, 0.05) is 16.3 Å². The van der Waals surface area contributed by atoms with Crippen molar-refractivity contribution in [2.75, 3.05) is 7.11 Å². The number of hydrogen-bond acceptors (Lipinski definition) is 6. The van der Waals surface area contributed by atoms with Crippen molar-refractivity contribution in [3.05, 3.63) is 74.4 Å². The van der Waals surface area contributed by atoms with Crippen LogP contribution in [0.2, 0.25) is 5.02 Å². The van der Waals surface area contributed by atoms with Gasteiger partial charge in [-0.3, -0.25) is 9.36 Å². The Bertz CT molecular complexity index is 1290. The molecule has 2 aromatic carbocycles. The van der Waals surface area contributed by atoms with E-state index in [2.05, 4.69) is 5.16 Å². The first-order chi connectivity index (χ1) is 14.4. The Morgan fingerprint density at radius 2 is 1.97 bits per heavy atom. The minimum atomic E-state index is -0.179. The fourth-order valence-corrected chi connectivity index (χ4v) is 4.59. The van der Waals surface area contributed by atoms with Gasteiger partial charge in [-0.05, 0) is 56.7 Å². The van der Waals surface area contributed by atoms with Gasteiger partial charge in [-0.1, -0.05) is 34.6 Å². The van der Waals surface area contributed by atoms with Crippen LogP contribution in [0.5, 0.6) is 5.75 Å². The van der Waals surface area contributed by atoms with Crippen LogP contribution in [0, 0.1) is 20.8 Å². The first kappa shape index (κ1) is 20.5. The number of halogens is 1. The molecule has 6 nitrogen and oxygen atoms in total. The third-order valence-corrected chi connectivity index (χ3v) is 6.10. The van der Waals surface area contributed by atoms with Crippen molar-refractivity contribution in [2.45, 2.75) is 31.7 Å². The van der Waals surface area contributed by atoms with Gasteiger partial charge in [0.1, 0.15) is 11.5 Å². The van der Waals surface area contributed by atoms with Crippen LogP contribution in [-0.4, -0.2) is 21.8 Å². The second-order valence-electron chi connectivity index (χ2n) is 6.96. The number of aryl methyl sites for hydroxylation is 3. The number of rotatable bonds is 5. The van der Waals surface area contributed by atoms with Crippen LogP contribution in [0.1, 0.15) is 22.6 Å². The highest BCUT2D eigenvalue weighted by Crippen LogP contribution is 2.31. The van der Waals surface area contributed by atoms with Crippen molar-refractivity contribution >= 4 is 34.3 Å². The topological polar surface area (TPSA) is 70.2 Å². The summed E-state index contributed by atoms with van der Waals surface area (Å²) in [7, 11) is 1.59. The fourth-order valence-electron chi connectivity index (χ4n) is 3.27. The molecule has 0 saturated carbocycles. The highest BCUT2D eigenvalue weighted by Gasteiger charge is 2.19. The Kier molecular flexibility index (Phi) is 5.58. The predicted octanol–water partition coefficient (Wildman–Crippen LogP) is 5.25. The minimum absolute atomic E-state index is 0.179.